The van der Waals surface area contributed by atoms with Crippen LogP contribution in [0.5, 0.6) is 0 Å². The largest absolute Gasteiger partial charge is 0.453 e. The Morgan fingerprint density at radius 2 is 1.85 bits per heavy atom. The molecule has 0 aromatic carbocycles. The first kappa shape index (κ1) is 19.1. The van der Waals surface area contributed by atoms with Gasteiger partial charge < -0.3 is 9.84 Å². The number of fused-ring (bicyclic) bond motifs is 1. The van der Waals surface area contributed by atoms with Gasteiger partial charge in [0.25, 0.3) is 5.82 Å². The number of aromatic nitrogens is 5. The van der Waals surface area contributed by atoms with Crippen molar-refractivity contribution in [3.05, 3.63) is 34.5 Å². The van der Waals surface area contributed by atoms with Crippen molar-refractivity contribution in [1.29, 1.82) is 0 Å². The number of nitrogens with zero attached hydrogens (tertiary/aromatic N) is 5. The molecule has 0 spiro atoms. The van der Waals surface area contributed by atoms with Crippen molar-refractivity contribution in [2.24, 2.45) is 0 Å². The molecule has 0 atom stereocenters. The molecule has 0 radical (unpaired) electrons. The predicted octanol–water partition coefficient (Wildman–Crippen LogP) is 4.26. The van der Waals surface area contributed by atoms with Crippen LogP contribution < -0.4 is 5.32 Å². The van der Waals surface area contributed by atoms with Gasteiger partial charge in [-0.25, -0.2) is 0 Å². The molecule has 10 heteroatoms. The van der Waals surface area contributed by atoms with Crippen molar-refractivity contribution in [1.82, 2.24) is 25.0 Å². The maximum atomic E-state index is 13.1. The maximum absolute atomic E-state index is 13.1. The third kappa shape index (κ3) is 3.60. The molecule has 27 heavy (non-hydrogen) atoms. The molecule has 0 saturated carbocycles. The van der Waals surface area contributed by atoms with Crippen molar-refractivity contribution in [3.8, 4) is 0 Å². The van der Waals surface area contributed by atoms with Gasteiger partial charge in [-0.05, 0) is 32.3 Å². The molecule has 3 rings (SSSR count). The number of nitrogens with one attached hydrogen (secondary N) is 1. The molecule has 3 aromatic rings. The van der Waals surface area contributed by atoms with Crippen molar-refractivity contribution in [2.75, 3.05) is 5.32 Å². The van der Waals surface area contributed by atoms with Crippen LogP contribution in [0.15, 0.2) is 10.6 Å². The zero-order valence-electron chi connectivity index (χ0n) is 15.6. The van der Waals surface area contributed by atoms with Crippen LogP contribution in [0.25, 0.3) is 5.65 Å². The Hall–Kier alpha value is -2.65. The van der Waals surface area contributed by atoms with E-state index >= 15 is 0 Å². The summed E-state index contributed by atoms with van der Waals surface area (Å²) in [5.41, 5.74) is 2.24. The van der Waals surface area contributed by atoms with Gasteiger partial charge in [0.1, 0.15) is 0 Å². The molecule has 0 amide bonds. The second kappa shape index (κ2) is 7.16. The van der Waals surface area contributed by atoms with E-state index in [9.17, 15) is 13.2 Å². The summed E-state index contributed by atoms with van der Waals surface area (Å²) in [6, 6.07) is 1.87. The minimum Gasteiger partial charge on any atom is -0.361 e. The van der Waals surface area contributed by atoms with Gasteiger partial charge in [0.15, 0.2) is 17.2 Å². The Bertz CT molecular complexity index is 942. The van der Waals surface area contributed by atoms with Crippen LogP contribution in [0.1, 0.15) is 61.0 Å². The van der Waals surface area contributed by atoms with Crippen LogP contribution in [0.4, 0.5) is 19.0 Å². The number of anilines is 1. The highest BCUT2D eigenvalue weighted by Gasteiger charge is 2.38. The summed E-state index contributed by atoms with van der Waals surface area (Å²) < 4.78 is 45.4. The lowest BCUT2D eigenvalue weighted by Crippen LogP contribution is -2.15. The first-order valence-corrected chi connectivity index (χ1v) is 8.75. The lowest BCUT2D eigenvalue weighted by Gasteiger charge is -2.11. The molecule has 0 aliphatic rings. The average Bonchev–Trinajstić information content (AvgIpc) is 3.24. The van der Waals surface area contributed by atoms with Gasteiger partial charge in [-0.1, -0.05) is 19.0 Å². The molecule has 7 nitrogen and oxygen atoms in total. The zero-order valence-corrected chi connectivity index (χ0v) is 15.6. The summed E-state index contributed by atoms with van der Waals surface area (Å²) in [6.45, 7) is 7.89. The van der Waals surface area contributed by atoms with E-state index in [1.807, 2.05) is 6.07 Å². The highest BCUT2D eigenvalue weighted by atomic mass is 19.4. The summed E-state index contributed by atoms with van der Waals surface area (Å²) in [6.07, 6.45) is -2.72. The monoisotopic (exact) mass is 382 g/mol. The lowest BCUT2D eigenvalue weighted by molar-refractivity contribution is -0.146. The third-order valence-electron chi connectivity index (χ3n) is 4.76. The maximum Gasteiger partial charge on any atom is 0.453 e. The van der Waals surface area contributed by atoms with Gasteiger partial charge in [0, 0.05) is 17.5 Å². The Morgan fingerprint density at radius 3 is 2.48 bits per heavy atom. The standard InChI is InChI=1S/C17H21F3N6O/c1-5-11(6-2)13-7-12(27-25-13)8-21-14-9(3)10(4)15-22-23-16(17(18,19)20)26(15)24-14/h7,11H,5-6,8H2,1-4H3,(H,21,24). The minimum absolute atomic E-state index is 0.0843. The number of hydrogen-bond acceptors (Lipinski definition) is 6. The number of halogens is 3. The van der Waals surface area contributed by atoms with Crippen molar-refractivity contribution in [2.45, 2.75) is 59.2 Å². The first-order chi connectivity index (χ1) is 12.8. The molecule has 0 fully saturated rings. The molecule has 3 aromatic heterocycles. The van der Waals surface area contributed by atoms with Gasteiger partial charge in [0.2, 0.25) is 0 Å². The highest BCUT2D eigenvalue weighted by molar-refractivity contribution is 5.58. The van der Waals surface area contributed by atoms with Crippen molar-refractivity contribution >= 4 is 11.5 Å². The van der Waals surface area contributed by atoms with Crippen LogP contribution in [-0.2, 0) is 12.7 Å². The molecular formula is C17H21F3N6O. The molecular weight excluding hydrogens is 361 g/mol. The number of aryl methyl sites for hydroxylation is 1. The van der Waals surface area contributed by atoms with Gasteiger partial charge in [-0.3, -0.25) is 0 Å². The molecule has 3 heterocycles. The molecule has 0 bridgehead atoms. The van der Waals surface area contributed by atoms with E-state index in [4.69, 9.17) is 4.52 Å². The molecule has 0 aliphatic heterocycles. The molecule has 0 saturated heterocycles. The second-order valence-corrected chi connectivity index (χ2v) is 6.44. The van der Waals surface area contributed by atoms with Gasteiger partial charge in [-0.2, -0.15) is 17.7 Å². The van der Waals surface area contributed by atoms with E-state index in [1.165, 1.54) is 0 Å². The summed E-state index contributed by atoms with van der Waals surface area (Å²) in [7, 11) is 0. The Labute approximate surface area is 153 Å². The van der Waals surface area contributed by atoms with Crippen molar-refractivity contribution < 1.29 is 17.7 Å². The van der Waals surface area contributed by atoms with Gasteiger partial charge >= 0.3 is 6.18 Å². The normalized spacial score (nSPS) is 12.3. The fourth-order valence-corrected chi connectivity index (χ4v) is 2.96. The summed E-state index contributed by atoms with van der Waals surface area (Å²) in [5, 5.41) is 18.0. The van der Waals surface area contributed by atoms with E-state index in [2.05, 4.69) is 39.6 Å². The quantitative estimate of drug-likeness (QED) is 0.686. The topological polar surface area (TPSA) is 81.1 Å². The smallest absolute Gasteiger partial charge is 0.361 e. The van der Waals surface area contributed by atoms with Crippen LogP contribution in [0, 0.1) is 13.8 Å². The van der Waals surface area contributed by atoms with Crippen LogP contribution in [-0.4, -0.2) is 25.0 Å². The predicted molar refractivity (Wildman–Crippen MR) is 92.4 cm³/mol. The SMILES string of the molecule is CCC(CC)c1cc(CNc2nn3c(C(F)(F)F)nnc3c(C)c2C)on1. The number of alkyl halides is 3. The first-order valence-electron chi connectivity index (χ1n) is 8.75. The highest BCUT2D eigenvalue weighted by Crippen LogP contribution is 2.30. The van der Waals surface area contributed by atoms with Crippen LogP contribution in [0.3, 0.4) is 0 Å². The molecule has 0 unspecified atom stereocenters. The van der Waals surface area contributed by atoms with E-state index in [1.54, 1.807) is 13.8 Å². The van der Waals surface area contributed by atoms with E-state index < -0.39 is 12.0 Å². The van der Waals surface area contributed by atoms with Crippen LogP contribution in [0.2, 0.25) is 0 Å². The molecule has 146 valence electrons. The van der Waals surface area contributed by atoms with Crippen molar-refractivity contribution in [3.63, 3.8) is 0 Å². The minimum atomic E-state index is -4.64. The third-order valence-corrected chi connectivity index (χ3v) is 4.76. The fraction of sp³-hybridized carbons (Fsp3) is 0.529. The Balaban J connectivity index is 1.88. The summed E-state index contributed by atoms with van der Waals surface area (Å²) >= 11 is 0. The number of rotatable bonds is 6. The van der Waals surface area contributed by atoms with Crippen LogP contribution >= 0.6 is 0 Å². The van der Waals surface area contributed by atoms with Gasteiger partial charge in [-0.15, -0.1) is 15.3 Å². The summed E-state index contributed by atoms with van der Waals surface area (Å²) in [5.74, 6) is 0.0769. The molecule has 1 N–H and O–H groups in total. The van der Waals surface area contributed by atoms with E-state index in [0.29, 0.717) is 28.6 Å². The zero-order chi connectivity index (χ0) is 19.8. The number of hydrogen-bond donors (Lipinski definition) is 1. The van der Waals surface area contributed by atoms with Gasteiger partial charge in [0.05, 0.1) is 12.2 Å². The van der Waals surface area contributed by atoms with E-state index in [-0.39, 0.29) is 12.2 Å². The van der Waals surface area contributed by atoms with E-state index in [0.717, 1.165) is 23.1 Å². The summed E-state index contributed by atoms with van der Waals surface area (Å²) in [4.78, 5) is 0. The molecule has 0 aliphatic carbocycles. The Morgan fingerprint density at radius 1 is 1.15 bits per heavy atom. The lowest BCUT2D eigenvalue weighted by atomic mass is 9.99. The second-order valence-electron chi connectivity index (χ2n) is 6.44. The fourth-order valence-electron chi connectivity index (χ4n) is 2.96. The Kier molecular flexibility index (Phi) is 5.07. The average molecular weight is 382 g/mol.